The number of sulfonamides is 1. The van der Waals surface area contributed by atoms with Gasteiger partial charge in [0, 0.05) is 18.7 Å². The summed E-state index contributed by atoms with van der Waals surface area (Å²) in [6.45, 7) is 1.88. The molecule has 0 aliphatic rings. The molecule has 1 aromatic carbocycles. The van der Waals surface area contributed by atoms with Crippen LogP contribution in [0.25, 0.3) is 0 Å². The van der Waals surface area contributed by atoms with Gasteiger partial charge < -0.3 is 10.3 Å². The van der Waals surface area contributed by atoms with Crippen molar-refractivity contribution in [3.8, 4) is 0 Å². The summed E-state index contributed by atoms with van der Waals surface area (Å²) in [5, 5.41) is 3.62. The van der Waals surface area contributed by atoms with Gasteiger partial charge in [-0.2, -0.15) is 4.98 Å². The lowest BCUT2D eigenvalue weighted by Gasteiger charge is -2.05. The Morgan fingerprint density at radius 2 is 2.21 bits per heavy atom. The van der Waals surface area contributed by atoms with Gasteiger partial charge in [-0.05, 0) is 25.1 Å². The highest BCUT2D eigenvalue weighted by molar-refractivity contribution is 7.89. The fourth-order valence-corrected chi connectivity index (χ4v) is 2.59. The molecule has 3 N–H and O–H groups in total. The average molecular weight is 282 g/mol. The van der Waals surface area contributed by atoms with Crippen molar-refractivity contribution in [3.05, 3.63) is 36.0 Å². The Hall–Kier alpha value is -1.93. The van der Waals surface area contributed by atoms with Crippen molar-refractivity contribution in [2.45, 2.75) is 18.2 Å². The number of benzene rings is 1. The minimum atomic E-state index is -3.57. The molecule has 102 valence electrons. The van der Waals surface area contributed by atoms with Crippen molar-refractivity contribution in [1.82, 2.24) is 14.9 Å². The van der Waals surface area contributed by atoms with Crippen LogP contribution < -0.4 is 10.5 Å². The highest BCUT2D eigenvalue weighted by Gasteiger charge is 2.14. The summed E-state index contributed by atoms with van der Waals surface area (Å²) in [7, 11) is -3.57. The molecular weight excluding hydrogens is 268 g/mol. The van der Waals surface area contributed by atoms with Crippen molar-refractivity contribution >= 4 is 15.7 Å². The average Bonchev–Trinajstić information content (AvgIpc) is 2.75. The molecule has 7 nitrogen and oxygen atoms in total. The summed E-state index contributed by atoms with van der Waals surface area (Å²) in [4.78, 5) is 4.12. The van der Waals surface area contributed by atoms with Gasteiger partial charge in [0.2, 0.25) is 15.9 Å². The van der Waals surface area contributed by atoms with Crippen molar-refractivity contribution in [3.63, 3.8) is 0 Å². The smallest absolute Gasteiger partial charge is 0.240 e. The van der Waals surface area contributed by atoms with Gasteiger partial charge >= 0.3 is 0 Å². The first kappa shape index (κ1) is 13.5. The Morgan fingerprint density at radius 1 is 1.42 bits per heavy atom. The molecule has 0 fully saturated rings. The van der Waals surface area contributed by atoms with Crippen molar-refractivity contribution in [2.75, 3.05) is 12.3 Å². The Kier molecular flexibility index (Phi) is 3.82. The van der Waals surface area contributed by atoms with Crippen LogP contribution in [0.15, 0.2) is 33.7 Å². The first-order valence-electron chi connectivity index (χ1n) is 5.62. The van der Waals surface area contributed by atoms with Gasteiger partial charge in [-0.25, -0.2) is 13.1 Å². The minimum absolute atomic E-state index is 0.134. The summed E-state index contributed by atoms with van der Waals surface area (Å²) in [5.41, 5.74) is 5.95. The number of aromatic nitrogens is 2. The second-order valence-corrected chi connectivity index (χ2v) is 5.72. The monoisotopic (exact) mass is 282 g/mol. The predicted molar refractivity (Wildman–Crippen MR) is 68.8 cm³/mol. The number of nitrogens with one attached hydrogen (secondary N) is 1. The third-order valence-electron chi connectivity index (χ3n) is 2.37. The largest absolute Gasteiger partial charge is 0.399 e. The number of nitrogens with zero attached hydrogens (tertiary/aromatic N) is 2. The SMILES string of the molecule is Cc1noc(CCNS(=O)(=O)c2cccc(N)c2)n1. The van der Waals surface area contributed by atoms with E-state index in [1.165, 1.54) is 12.1 Å². The third-order valence-corrected chi connectivity index (χ3v) is 3.83. The van der Waals surface area contributed by atoms with Crippen LogP contribution in [0.4, 0.5) is 5.69 Å². The number of nitrogen functional groups attached to an aromatic ring is 1. The van der Waals surface area contributed by atoms with Crippen LogP contribution in [0.5, 0.6) is 0 Å². The molecule has 0 amide bonds. The number of hydrogen-bond acceptors (Lipinski definition) is 6. The molecule has 0 spiro atoms. The molecule has 0 aliphatic carbocycles. The van der Waals surface area contributed by atoms with Crippen molar-refractivity contribution in [2.24, 2.45) is 0 Å². The first-order chi connectivity index (χ1) is 8.97. The van der Waals surface area contributed by atoms with Gasteiger partial charge in [-0.15, -0.1) is 0 Å². The number of aryl methyl sites for hydroxylation is 1. The molecule has 8 heteroatoms. The zero-order valence-electron chi connectivity index (χ0n) is 10.3. The maximum absolute atomic E-state index is 11.9. The summed E-state index contributed by atoms with van der Waals surface area (Å²) >= 11 is 0. The third kappa shape index (κ3) is 3.52. The molecule has 0 saturated heterocycles. The zero-order valence-corrected chi connectivity index (χ0v) is 11.1. The van der Waals surface area contributed by atoms with Crippen LogP contribution in [0.2, 0.25) is 0 Å². The summed E-state index contributed by atoms with van der Waals surface area (Å²) in [5.74, 6) is 0.918. The molecule has 1 heterocycles. The quantitative estimate of drug-likeness (QED) is 0.772. The van der Waals surface area contributed by atoms with Crippen LogP contribution in [-0.4, -0.2) is 25.1 Å². The number of nitrogens with two attached hydrogens (primary N) is 1. The summed E-state index contributed by atoms with van der Waals surface area (Å²) in [6, 6.07) is 6.10. The van der Waals surface area contributed by atoms with E-state index in [2.05, 4.69) is 14.9 Å². The molecule has 2 aromatic rings. The van der Waals surface area contributed by atoms with E-state index in [1.807, 2.05) is 0 Å². The van der Waals surface area contributed by atoms with E-state index in [1.54, 1.807) is 19.1 Å². The van der Waals surface area contributed by atoms with Gasteiger partial charge in [-0.1, -0.05) is 11.2 Å². The highest BCUT2D eigenvalue weighted by atomic mass is 32.2. The van der Waals surface area contributed by atoms with E-state index in [0.717, 1.165) is 0 Å². The van der Waals surface area contributed by atoms with Gasteiger partial charge in [-0.3, -0.25) is 0 Å². The first-order valence-corrected chi connectivity index (χ1v) is 7.10. The van der Waals surface area contributed by atoms with Crippen molar-refractivity contribution < 1.29 is 12.9 Å². The molecule has 0 unspecified atom stereocenters. The van der Waals surface area contributed by atoms with E-state index in [4.69, 9.17) is 10.3 Å². The maximum atomic E-state index is 11.9. The molecule has 0 aliphatic heterocycles. The normalized spacial score (nSPS) is 11.6. The molecule has 0 radical (unpaired) electrons. The fourth-order valence-electron chi connectivity index (χ4n) is 1.50. The van der Waals surface area contributed by atoms with Gasteiger partial charge in [0.25, 0.3) is 0 Å². The Bertz CT molecular complexity index is 666. The summed E-state index contributed by atoms with van der Waals surface area (Å²) in [6.07, 6.45) is 0.336. The van der Waals surface area contributed by atoms with Crippen molar-refractivity contribution in [1.29, 1.82) is 0 Å². The Morgan fingerprint density at radius 3 is 2.84 bits per heavy atom. The summed E-state index contributed by atoms with van der Waals surface area (Å²) < 4.78 is 31.2. The molecule has 1 aromatic heterocycles. The van der Waals surface area contributed by atoms with Crippen LogP contribution in [0.3, 0.4) is 0 Å². The standard InChI is InChI=1S/C11H14N4O3S/c1-8-14-11(18-15-8)5-6-13-19(16,17)10-4-2-3-9(12)7-10/h2-4,7,13H,5-6,12H2,1H3. The van der Waals surface area contributed by atoms with E-state index < -0.39 is 10.0 Å². The minimum Gasteiger partial charge on any atom is -0.399 e. The van der Waals surface area contributed by atoms with Gasteiger partial charge in [0.05, 0.1) is 4.90 Å². The van der Waals surface area contributed by atoms with E-state index in [9.17, 15) is 8.42 Å². The topological polar surface area (TPSA) is 111 Å². The molecule has 0 atom stereocenters. The molecule has 2 rings (SSSR count). The van der Waals surface area contributed by atoms with E-state index in [-0.39, 0.29) is 11.4 Å². The molecular formula is C11H14N4O3S. The molecule has 0 saturated carbocycles. The van der Waals surface area contributed by atoms with Gasteiger partial charge in [0.15, 0.2) is 5.82 Å². The van der Waals surface area contributed by atoms with E-state index >= 15 is 0 Å². The Balaban J connectivity index is 1.98. The number of rotatable bonds is 5. The predicted octanol–water partition coefficient (Wildman–Crippen LogP) is 0.481. The second-order valence-electron chi connectivity index (χ2n) is 3.96. The van der Waals surface area contributed by atoms with Gasteiger partial charge in [0.1, 0.15) is 0 Å². The van der Waals surface area contributed by atoms with Crippen LogP contribution in [0, 0.1) is 6.92 Å². The zero-order chi connectivity index (χ0) is 13.9. The van der Waals surface area contributed by atoms with Crippen LogP contribution in [0.1, 0.15) is 11.7 Å². The number of hydrogen-bond donors (Lipinski definition) is 2. The van der Waals surface area contributed by atoms with Crippen LogP contribution >= 0.6 is 0 Å². The highest BCUT2D eigenvalue weighted by Crippen LogP contribution is 2.12. The lowest BCUT2D eigenvalue weighted by molar-refractivity contribution is 0.375. The van der Waals surface area contributed by atoms with E-state index in [0.29, 0.717) is 23.8 Å². The number of anilines is 1. The lowest BCUT2D eigenvalue weighted by Crippen LogP contribution is -2.26. The second kappa shape index (κ2) is 5.37. The lowest BCUT2D eigenvalue weighted by atomic mass is 10.3. The maximum Gasteiger partial charge on any atom is 0.240 e. The Labute approximate surface area is 110 Å². The molecule has 19 heavy (non-hydrogen) atoms. The molecule has 0 bridgehead atoms. The fraction of sp³-hybridized carbons (Fsp3) is 0.273. The van der Waals surface area contributed by atoms with Crippen LogP contribution in [-0.2, 0) is 16.4 Å².